The standard InChI is InChI=1S/C80H48/c1-5-21-49(22-6-1)53-29-13-17-33-57(53)69-45-73-65-41-37-61-63-39-43-67-75-47-71(59-35-19-15-31-55(59)51-25-9-3-10-26-51)72(60-36-20-16-32-56(60)52-27-11-4-12-28-52)48-76(75)68-44-40-64(78(63)80(67)68)62-38-42-66(79(65)77(61)62)74(73)46-70(69)58-34-18-14-30-54(58)50-23-7-2-8-24-50/h1-48H. The van der Waals surface area contributed by atoms with Crippen molar-refractivity contribution in [1.29, 1.82) is 0 Å². The fourth-order valence-electron chi connectivity index (χ4n) is 14.1. The summed E-state index contributed by atoms with van der Waals surface area (Å²) in [6.07, 6.45) is 0. The van der Waals surface area contributed by atoms with E-state index in [1.807, 2.05) is 0 Å². The SMILES string of the molecule is c1ccc(-c2ccccc2-c2cc3c(cc2-c2ccccc2-c2ccccc2)-c2ccc4c5ccc6c7c(ccc(c8ccc-3c2c84)c75)-c2cc(-c3ccccc3-c3ccccc3)c(-c3ccccc3-c3ccccc3)cc2-6)cc1. The molecule has 0 fully saturated rings. The molecule has 0 bridgehead atoms. The van der Waals surface area contributed by atoms with Crippen molar-refractivity contribution in [2.45, 2.75) is 0 Å². The fraction of sp³-hybridized carbons (Fsp3) is 0. The van der Waals surface area contributed by atoms with Crippen molar-refractivity contribution in [3.05, 3.63) is 291 Å². The third-order valence-corrected chi connectivity index (χ3v) is 17.6. The van der Waals surface area contributed by atoms with Gasteiger partial charge in [0.2, 0.25) is 0 Å². The first kappa shape index (κ1) is 44.7. The minimum Gasteiger partial charge on any atom is -0.0622 e. The van der Waals surface area contributed by atoms with Crippen LogP contribution < -0.4 is 0 Å². The van der Waals surface area contributed by atoms with Gasteiger partial charge < -0.3 is 0 Å². The number of benzene rings is 15. The molecular weight excluding hydrogens is 961 g/mol. The lowest BCUT2D eigenvalue weighted by molar-refractivity contribution is 1.55. The maximum absolute atomic E-state index is 2.51. The van der Waals surface area contributed by atoms with Gasteiger partial charge in [0.25, 0.3) is 0 Å². The largest absolute Gasteiger partial charge is 0.0622 e. The summed E-state index contributed by atoms with van der Waals surface area (Å²) in [5.74, 6) is 0. The van der Waals surface area contributed by atoms with E-state index in [4.69, 9.17) is 0 Å². The molecule has 0 N–H and O–H groups in total. The highest BCUT2D eigenvalue weighted by Gasteiger charge is 2.31. The topological polar surface area (TPSA) is 0 Å². The molecule has 0 heterocycles. The highest BCUT2D eigenvalue weighted by atomic mass is 14.3. The molecule has 0 amide bonds. The average molecular weight is 1010 g/mol. The van der Waals surface area contributed by atoms with Gasteiger partial charge in [-0.1, -0.05) is 267 Å². The van der Waals surface area contributed by atoms with Crippen LogP contribution in [0.2, 0.25) is 0 Å². The third kappa shape index (κ3) is 6.57. The van der Waals surface area contributed by atoms with Crippen LogP contribution in [0.25, 0.3) is 177 Å². The van der Waals surface area contributed by atoms with E-state index in [1.54, 1.807) is 0 Å². The molecule has 2 aliphatic carbocycles. The van der Waals surface area contributed by atoms with Gasteiger partial charge in [-0.25, -0.2) is 0 Å². The zero-order chi connectivity index (χ0) is 52.4. The monoisotopic (exact) mass is 1010 g/mol. The van der Waals surface area contributed by atoms with Crippen LogP contribution in [0.4, 0.5) is 0 Å². The number of fused-ring (bicyclic) bond motifs is 8. The van der Waals surface area contributed by atoms with Crippen LogP contribution in [0, 0.1) is 0 Å². The van der Waals surface area contributed by atoms with Crippen LogP contribution >= 0.6 is 0 Å². The summed E-state index contributed by atoms with van der Waals surface area (Å²) >= 11 is 0. The van der Waals surface area contributed by atoms with E-state index in [0.717, 1.165) is 0 Å². The predicted molar refractivity (Wildman–Crippen MR) is 340 cm³/mol. The zero-order valence-corrected chi connectivity index (χ0v) is 43.7. The normalized spacial score (nSPS) is 12.0. The van der Waals surface area contributed by atoms with E-state index in [0.29, 0.717) is 0 Å². The summed E-state index contributed by atoms with van der Waals surface area (Å²) in [5.41, 5.74) is 29.9. The van der Waals surface area contributed by atoms with Crippen LogP contribution in [0.3, 0.4) is 0 Å². The Hall–Kier alpha value is -10.4. The Labute approximate surface area is 465 Å². The van der Waals surface area contributed by atoms with Crippen molar-refractivity contribution < 1.29 is 0 Å². The second-order valence-electron chi connectivity index (χ2n) is 21.7. The molecule has 0 radical (unpaired) electrons. The molecule has 0 spiro atoms. The van der Waals surface area contributed by atoms with Crippen LogP contribution in [0.15, 0.2) is 291 Å². The predicted octanol–water partition coefficient (Wildman–Crippen LogP) is 22.4. The van der Waals surface area contributed by atoms with Crippen molar-refractivity contribution in [1.82, 2.24) is 0 Å². The number of rotatable bonds is 8. The van der Waals surface area contributed by atoms with Crippen LogP contribution in [0.5, 0.6) is 0 Å². The summed E-state index contributed by atoms with van der Waals surface area (Å²) in [7, 11) is 0. The summed E-state index contributed by atoms with van der Waals surface area (Å²) in [5, 5.41) is 10.6. The molecule has 0 unspecified atom stereocenters. The Morgan fingerprint density at radius 1 is 0.113 bits per heavy atom. The molecule has 0 nitrogen and oxygen atoms in total. The minimum atomic E-state index is 1.21. The quantitative estimate of drug-likeness (QED) is 0.105. The molecule has 2 aliphatic rings. The van der Waals surface area contributed by atoms with Crippen molar-refractivity contribution in [3.63, 3.8) is 0 Å². The van der Waals surface area contributed by atoms with Gasteiger partial charge in [-0.2, -0.15) is 0 Å². The zero-order valence-electron chi connectivity index (χ0n) is 43.7. The Morgan fingerprint density at radius 2 is 0.300 bits per heavy atom. The summed E-state index contributed by atoms with van der Waals surface area (Å²) in [6.45, 7) is 0. The molecule has 0 saturated heterocycles. The molecule has 80 heavy (non-hydrogen) atoms. The molecule has 15 aromatic carbocycles. The lowest BCUT2D eigenvalue weighted by Gasteiger charge is -2.19. The summed E-state index contributed by atoms with van der Waals surface area (Å²) in [4.78, 5) is 0. The molecule has 17 rings (SSSR count). The van der Waals surface area contributed by atoms with Crippen molar-refractivity contribution >= 4 is 43.1 Å². The number of hydrogen-bond donors (Lipinski definition) is 0. The van der Waals surface area contributed by atoms with Crippen LogP contribution in [-0.4, -0.2) is 0 Å². The van der Waals surface area contributed by atoms with Crippen molar-refractivity contribution in [3.8, 4) is 134 Å². The third-order valence-electron chi connectivity index (χ3n) is 17.6. The minimum absolute atomic E-state index is 1.21. The smallest absolute Gasteiger partial charge is 0.00139 e. The van der Waals surface area contributed by atoms with Gasteiger partial charge >= 0.3 is 0 Å². The Morgan fingerprint density at radius 3 is 0.525 bits per heavy atom. The molecule has 0 aliphatic heterocycles. The summed E-state index contributed by atoms with van der Waals surface area (Å²) < 4.78 is 0. The van der Waals surface area contributed by atoms with E-state index < -0.39 is 0 Å². The first-order chi connectivity index (χ1) is 39.7. The fourth-order valence-corrected chi connectivity index (χ4v) is 14.1. The highest BCUT2D eigenvalue weighted by molar-refractivity contribution is 6.40. The van der Waals surface area contributed by atoms with Crippen molar-refractivity contribution in [2.75, 3.05) is 0 Å². The van der Waals surface area contributed by atoms with Gasteiger partial charge in [-0.3, -0.25) is 0 Å². The maximum Gasteiger partial charge on any atom is -0.00139 e. The maximum atomic E-state index is 2.51. The van der Waals surface area contributed by atoms with Crippen LogP contribution in [-0.2, 0) is 0 Å². The Balaban J connectivity index is 0.892. The molecule has 0 atom stereocenters. The average Bonchev–Trinajstić information content (AvgIpc) is 4.25. The van der Waals surface area contributed by atoms with E-state index >= 15 is 0 Å². The Kier molecular flexibility index (Phi) is 9.81. The molecule has 0 aromatic heterocycles. The first-order valence-electron chi connectivity index (χ1n) is 27.9. The van der Waals surface area contributed by atoms with Gasteiger partial charge in [0.1, 0.15) is 0 Å². The molecule has 0 saturated carbocycles. The van der Waals surface area contributed by atoms with Crippen LogP contribution in [0.1, 0.15) is 0 Å². The molecule has 0 heteroatoms. The van der Waals surface area contributed by atoms with E-state index in [-0.39, 0.29) is 0 Å². The molecule has 15 aromatic rings. The Bertz CT molecular complexity index is 4380. The highest BCUT2D eigenvalue weighted by Crippen LogP contribution is 2.59. The molecule has 368 valence electrons. The van der Waals surface area contributed by atoms with E-state index in [1.165, 1.54) is 177 Å². The lowest BCUT2D eigenvalue weighted by atomic mass is 9.84. The summed E-state index contributed by atoms with van der Waals surface area (Å²) in [6, 6.07) is 109. The van der Waals surface area contributed by atoms with E-state index in [2.05, 4.69) is 291 Å². The van der Waals surface area contributed by atoms with Gasteiger partial charge in [-0.05, 0) is 201 Å². The van der Waals surface area contributed by atoms with Gasteiger partial charge in [-0.15, -0.1) is 0 Å². The van der Waals surface area contributed by atoms with E-state index in [9.17, 15) is 0 Å². The van der Waals surface area contributed by atoms with Gasteiger partial charge in [0, 0.05) is 0 Å². The molecular formula is C80H48. The van der Waals surface area contributed by atoms with Gasteiger partial charge in [0.05, 0.1) is 0 Å². The lowest BCUT2D eigenvalue weighted by Crippen LogP contribution is -1.93. The first-order valence-corrected chi connectivity index (χ1v) is 27.9. The van der Waals surface area contributed by atoms with Gasteiger partial charge in [0.15, 0.2) is 0 Å². The number of hydrogen-bond acceptors (Lipinski definition) is 0. The van der Waals surface area contributed by atoms with Crippen molar-refractivity contribution in [2.24, 2.45) is 0 Å². The second kappa shape index (κ2) is 17.6. The second-order valence-corrected chi connectivity index (χ2v) is 21.7.